The SMILES string of the molecule is CCCC(=O)O/N=C(\C(=O)c1ccc(-c2ccc([N+](=O)[O-])cc2)cc1)C1CCCC1. The van der Waals surface area contributed by atoms with Crippen LogP contribution in [0, 0.1) is 16.0 Å². The van der Waals surface area contributed by atoms with Crippen molar-refractivity contribution in [2.45, 2.75) is 45.4 Å². The van der Waals surface area contributed by atoms with Crippen LogP contribution in [0.1, 0.15) is 55.8 Å². The predicted molar refractivity (Wildman–Crippen MR) is 113 cm³/mol. The van der Waals surface area contributed by atoms with Gasteiger partial charge in [-0.3, -0.25) is 14.9 Å². The van der Waals surface area contributed by atoms with Crippen LogP contribution in [0.2, 0.25) is 0 Å². The number of hydrogen-bond donors (Lipinski definition) is 0. The van der Waals surface area contributed by atoms with E-state index in [0.29, 0.717) is 17.7 Å². The minimum absolute atomic E-state index is 0.00118. The van der Waals surface area contributed by atoms with Gasteiger partial charge < -0.3 is 4.84 Å². The standard InChI is InChI=1S/C23H24N2O5/c1-2-5-21(26)30-24-22(18-6-3-4-7-18)23(27)19-10-8-16(9-11-19)17-12-14-20(15-13-17)25(28)29/h8-15,18H,2-7H2,1H3/b24-22-. The number of oxime groups is 1. The number of carbonyl (C=O) groups is 2. The van der Waals surface area contributed by atoms with Gasteiger partial charge in [-0.1, -0.05) is 49.2 Å². The second-order valence-corrected chi connectivity index (χ2v) is 7.38. The van der Waals surface area contributed by atoms with Gasteiger partial charge >= 0.3 is 5.97 Å². The number of carbonyl (C=O) groups excluding carboxylic acids is 2. The van der Waals surface area contributed by atoms with Crippen LogP contribution in [0.4, 0.5) is 5.69 Å². The Kier molecular flexibility index (Phi) is 7.06. The number of nitrogens with zero attached hydrogens (tertiary/aromatic N) is 2. The first kappa shape index (κ1) is 21.4. The number of Topliss-reactive ketones (excluding diaryl/α,β-unsaturated/α-hetero) is 1. The van der Waals surface area contributed by atoms with E-state index in [4.69, 9.17) is 4.84 Å². The van der Waals surface area contributed by atoms with Crippen molar-refractivity contribution in [1.29, 1.82) is 0 Å². The van der Waals surface area contributed by atoms with Crippen LogP contribution < -0.4 is 0 Å². The quantitative estimate of drug-likeness (QED) is 0.193. The Morgan fingerprint density at radius 1 is 1.03 bits per heavy atom. The van der Waals surface area contributed by atoms with Crippen molar-refractivity contribution < 1.29 is 19.3 Å². The van der Waals surface area contributed by atoms with Gasteiger partial charge in [-0.15, -0.1) is 0 Å². The molecule has 0 unspecified atom stereocenters. The fraction of sp³-hybridized carbons (Fsp3) is 0.348. The number of nitro groups is 1. The first-order valence-corrected chi connectivity index (χ1v) is 10.2. The van der Waals surface area contributed by atoms with Crippen LogP contribution in [0.5, 0.6) is 0 Å². The number of non-ortho nitro benzene ring substituents is 1. The topological polar surface area (TPSA) is 98.9 Å². The summed E-state index contributed by atoms with van der Waals surface area (Å²) >= 11 is 0. The summed E-state index contributed by atoms with van der Waals surface area (Å²) < 4.78 is 0. The molecule has 0 saturated heterocycles. The summed E-state index contributed by atoms with van der Waals surface area (Å²) in [5.41, 5.74) is 2.46. The maximum atomic E-state index is 13.1. The van der Waals surface area contributed by atoms with E-state index in [1.54, 1.807) is 36.4 Å². The Morgan fingerprint density at radius 2 is 1.60 bits per heavy atom. The highest BCUT2D eigenvalue weighted by molar-refractivity contribution is 6.46. The van der Waals surface area contributed by atoms with E-state index in [2.05, 4.69) is 5.16 Å². The lowest BCUT2D eigenvalue weighted by Crippen LogP contribution is -2.23. The average molecular weight is 408 g/mol. The van der Waals surface area contributed by atoms with Crippen LogP contribution in [0.3, 0.4) is 0 Å². The van der Waals surface area contributed by atoms with E-state index in [9.17, 15) is 19.7 Å². The third-order valence-electron chi connectivity index (χ3n) is 5.23. The summed E-state index contributed by atoms with van der Waals surface area (Å²) in [6, 6.07) is 13.2. The van der Waals surface area contributed by atoms with E-state index in [1.807, 2.05) is 6.92 Å². The zero-order valence-corrected chi connectivity index (χ0v) is 16.9. The summed E-state index contributed by atoms with van der Waals surface area (Å²) in [6.45, 7) is 1.88. The van der Waals surface area contributed by atoms with Crippen LogP contribution in [-0.4, -0.2) is 22.4 Å². The molecule has 7 nitrogen and oxygen atoms in total. The molecule has 0 N–H and O–H groups in total. The van der Waals surface area contributed by atoms with E-state index in [-0.39, 0.29) is 23.8 Å². The van der Waals surface area contributed by atoms with Gasteiger partial charge in [-0.2, -0.15) is 0 Å². The fourth-order valence-electron chi connectivity index (χ4n) is 3.59. The van der Waals surface area contributed by atoms with E-state index < -0.39 is 10.9 Å². The van der Waals surface area contributed by atoms with Crippen molar-refractivity contribution in [2.75, 3.05) is 0 Å². The Bertz CT molecular complexity index is 943. The highest BCUT2D eigenvalue weighted by atomic mass is 16.7. The maximum absolute atomic E-state index is 13.1. The van der Waals surface area contributed by atoms with Crippen LogP contribution in [-0.2, 0) is 9.63 Å². The molecule has 1 aliphatic rings. The van der Waals surface area contributed by atoms with Gasteiger partial charge in [-0.25, -0.2) is 4.79 Å². The molecule has 0 bridgehead atoms. The van der Waals surface area contributed by atoms with Crippen LogP contribution >= 0.6 is 0 Å². The van der Waals surface area contributed by atoms with E-state index in [1.165, 1.54) is 12.1 Å². The third-order valence-corrected chi connectivity index (χ3v) is 5.23. The molecule has 0 atom stereocenters. The minimum Gasteiger partial charge on any atom is -0.318 e. The molecule has 0 spiro atoms. The minimum atomic E-state index is -0.442. The summed E-state index contributed by atoms with van der Waals surface area (Å²) in [5.74, 6) is -0.669. The highest BCUT2D eigenvalue weighted by Gasteiger charge is 2.28. The molecule has 2 aromatic carbocycles. The summed E-state index contributed by atoms with van der Waals surface area (Å²) in [4.78, 5) is 40.1. The molecule has 0 heterocycles. The second-order valence-electron chi connectivity index (χ2n) is 7.38. The zero-order valence-electron chi connectivity index (χ0n) is 16.9. The second kappa shape index (κ2) is 9.91. The van der Waals surface area contributed by atoms with Gasteiger partial charge in [0.25, 0.3) is 5.69 Å². The lowest BCUT2D eigenvalue weighted by Gasteiger charge is -2.12. The molecule has 0 aliphatic heterocycles. The molecule has 3 rings (SSSR count). The molecule has 156 valence electrons. The molecule has 0 aromatic heterocycles. The van der Waals surface area contributed by atoms with Gasteiger partial charge in [0.05, 0.1) is 4.92 Å². The van der Waals surface area contributed by atoms with Gasteiger partial charge in [0.2, 0.25) is 5.78 Å². The van der Waals surface area contributed by atoms with Crippen molar-refractivity contribution >= 4 is 23.2 Å². The Morgan fingerprint density at radius 3 is 2.13 bits per heavy atom. The molecule has 30 heavy (non-hydrogen) atoms. The molecular weight excluding hydrogens is 384 g/mol. The first-order chi connectivity index (χ1) is 14.5. The third kappa shape index (κ3) is 5.17. The fourth-order valence-corrected chi connectivity index (χ4v) is 3.59. The van der Waals surface area contributed by atoms with Crippen molar-refractivity contribution in [1.82, 2.24) is 0 Å². The van der Waals surface area contributed by atoms with Crippen molar-refractivity contribution in [3.63, 3.8) is 0 Å². The van der Waals surface area contributed by atoms with Crippen LogP contribution in [0.25, 0.3) is 11.1 Å². The molecule has 2 aromatic rings. The lowest BCUT2D eigenvalue weighted by atomic mass is 9.93. The molecule has 0 amide bonds. The first-order valence-electron chi connectivity index (χ1n) is 10.2. The largest absolute Gasteiger partial charge is 0.335 e. The van der Waals surface area contributed by atoms with Gasteiger partial charge in [0, 0.05) is 30.0 Å². The number of nitro benzene ring substituents is 1. The van der Waals surface area contributed by atoms with Crippen molar-refractivity contribution in [3.05, 3.63) is 64.2 Å². The molecular formula is C23H24N2O5. The average Bonchev–Trinajstić information content (AvgIpc) is 3.29. The molecule has 1 saturated carbocycles. The highest BCUT2D eigenvalue weighted by Crippen LogP contribution is 2.28. The zero-order chi connectivity index (χ0) is 21.5. The summed E-state index contributed by atoms with van der Waals surface area (Å²) in [6.07, 6.45) is 4.69. The van der Waals surface area contributed by atoms with E-state index in [0.717, 1.165) is 36.8 Å². The van der Waals surface area contributed by atoms with Crippen molar-refractivity contribution in [2.24, 2.45) is 11.1 Å². The normalized spacial score (nSPS) is 14.5. The van der Waals surface area contributed by atoms with Gasteiger partial charge in [0.1, 0.15) is 5.71 Å². The molecule has 7 heteroatoms. The van der Waals surface area contributed by atoms with Crippen LogP contribution in [0.15, 0.2) is 53.7 Å². The molecule has 1 aliphatic carbocycles. The number of hydrogen-bond acceptors (Lipinski definition) is 6. The molecule has 0 radical (unpaired) electrons. The monoisotopic (exact) mass is 408 g/mol. The number of rotatable bonds is 8. The Labute approximate surface area is 174 Å². The smallest absolute Gasteiger partial charge is 0.318 e. The number of benzene rings is 2. The number of ketones is 1. The van der Waals surface area contributed by atoms with Crippen molar-refractivity contribution in [3.8, 4) is 11.1 Å². The Balaban J connectivity index is 1.79. The molecule has 1 fully saturated rings. The summed E-state index contributed by atoms with van der Waals surface area (Å²) in [7, 11) is 0. The van der Waals surface area contributed by atoms with E-state index >= 15 is 0 Å². The maximum Gasteiger partial charge on any atom is 0.335 e. The lowest BCUT2D eigenvalue weighted by molar-refractivity contribution is -0.384. The van der Waals surface area contributed by atoms with Gasteiger partial charge in [-0.05, 0) is 42.5 Å². The van der Waals surface area contributed by atoms with Gasteiger partial charge in [0.15, 0.2) is 0 Å². The summed E-state index contributed by atoms with van der Waals surface area (Å²) in [5, 5.41) is 14.8. The predicted octanol–water partition coefficient (Wildman–Crippen LogP) is 5.33. The Hall–Kier alpha value is -3.35.